The number of carbonyl (C=O) groups excluding carboxylic acids is 1. The van der Waals surface area contributed by atoms with Crippen LogP contribution in [0.4, 0.5) is 24.5 Å². The third-order valence-electron chi connectivity index (χ3n) is 4.32. The van der Waals surface area contributed by atoms with E-state index in [1.807, 2.05) is 4.90 Å². The van der Waals surface area contributed by atoms with Crippen molar-refractivity contribution in [3.05, 3.63) is 35.5 Å². The zero-order valence-electron chi connectivity index (χ0n) is 15.4. The molecule has 0 bridgehead atoms. The first kappa shape index (κ1) is 20.1. The maximum atomic E-state index is 13.1. The summed E-state index contributed by atoms with van der Waals surface area (Å²) in [7, 11) is 0. The Bertz CT molecular complexity index is 817. The van der Waals surface area contributed by atoms with E-state index in [4.69, 9.17) is 9.26 Å². The number of anilines is 2. The molecule has 1 fully saturated rings. The predicted octanol–water partition coefficient (Wildman–Crippen LogP) is 3.54. The van der Waals surface area contributed by atoms with Crippen LogP contribution in [-0.2, 0) is 22.3 Å². The minimum Gasteiger partial charge on any atom is -0.370 e. The SMILES string of the molecule is Cc1noc(COCC(=O)Nc2cc(C(F)(F)F)ccc2N2CCCCC2)n1. The van der Waals surface area contributed by atoms with Gasteiger partial charge in [0.05, 0.1) is 16.9 Å². The zero-order valence-corrected chi connectivity index (χ0v) is 15.4. The van der Waals surface area contributed by atoms with Gasteiger partial charge in [-0.25, -0.2) is 0 Å². The van der Waals surface area contributed by atoms with Crippen molar-refractivity contribution >= 4 is 17.3 Å². The van der Waals surface area contributed by atoms with E-state index in [-0.39, 0.29) is 24.8 Å². The second-order valence-electron chi connectivity index (χ2n) is 6.55. The number of aromatic nitrogens is 2. The number of piperidine rings is 1. The molecule has 0 saturated carbocycles. The molecule has 0 atom stereocenters. The van der Waals surface area contributed by atoms with Gasteiger partial charge in [-0.05, 0) is 44.4 Å². The van der Waals surface area contributed by atoms with E-state index in [0.717, 1.165) is 44.5 Å². The summed E-state index contributed by atoms with van der Waals surface area (Å²) in [5.74, 6) is 0.102. The summed E-state index contributed by atoms with van der Waals surface area (Å²) >= 11 is 0. The Morgan fingerprint density at radius 1 is 1.29 bits per heavy atom. The van der Waals surface area contributed by atoms with Gasteiger partial charge in [-0.2, -0.15) is 18.2 Å². The number of benzene rings is 1. The van der Waals surface area contributed by atoms with E-state index in [0.29, 0.717) is 11.5 Å². The Hall–Kier alpha value is -2.62. The summed E-state index contributed by atoms with van der Waals surface area (Å²) in [6.45, 7) is 2.71. The number of hydrogen-bond donors (Lipinski definition) is 1. The van der Waals surface area contributed by atoms with E-state index in [9.17, 15) is 18.0 Å². The molecule has 1 aromatic carbocycles. The maximum Gasteiger partial charge on any atom is 0.416 e. The van der Waals surface area contributed by atoms with Crippen molar-refractivity contribution in [1.29, 1.82) is 0 Å². The van der Waals surface area contributed by atoms with Gasteiger partial charge in [0.2, 0.25) is 5.91 Å². The third-order valence-corrected chi connectivity index (χ3v) is 4.32. The number of rotatable bonds is 6. The van der Waals surface area contributed by atoms with Crippen LogP contribution in [0.1, 0.15) is 36.5 Å². The van der Waals surface area contributed by atoms with E-state index in [1.165, 1.54) is 6.07 Å². The molecule has 0 spiro atoms. The van der Waals surface area contributed by atoms with Gasteiger partial charge in [-0.15, -0.1) is 0 Å². The lowest BCUT2D eigenvalue weighted by atomic mass is 10.1. The summed E-state index contributed by atoms with van der Waals surface area (Å²) < 4.78 is 49.4. The fourth-order valence-electron chi connectivity index (χ4n) is 3.04. The number of carbonyl (C=O) groups is 1. The van der Waals surface area contributed by atoms with Crippen molar-refractivity contribution in [1.82, 2.24) is 10.1 Å². The second-order valence-corrected chi connectivity index (χ2v) is 6.55. The summed E-state index contributed by atoms with van der Waals surface area (Å²) in [6.07, 6.45) is -1.49. The van der Waals surface area contributed by atoms with Crippen LogP contribution in [0, 0.1) is 6.92 Å². The first-order valence-corrected chi connectivity index (χ1v) is 8.96. The highest BCUT2D eigenvalue weighted by Gasteiger charge is 2.31. The molecule has 1 aliphatic heterocycles. The number of halogens is 3. The molecule has 3 rings (SSSR count). The van der Waals surface area contributed by atoms with Crippen LogP contribution < -0.4 is 10.2 Å². The molecule has 7 nitrogen and oxygen atoms in total. The summed E-state index contributed by atoms with van der Waals surface area (Å²) in [5.41, 5.74) is -0.113. The second kappa shape index (κ2) is 8.59. The number of amides is 1. The molecule has 2 aromatic rings. The monoisotopic (exact) mass is 398 g/mol. The summed E-state index contributed by atoms with van der Waals surface area (Å²) in [4.78, 5) is 18.1. The molecule has 10 heteroatoms. The van der Waals surface area contributed by atoms with Crippen molar-refractivity contribution in [2.75, 3.05) is 29.9 Å². The molecule has 152 valence electrons. The minimum absolute atomic E-state index is 0.0597. The lowest BCUT2D eigenvalue weighted by Gasteiger charge is -2.31. The van der Waals surface area contributed by atoms with Crippen molar-refractivity contribution in [3.63, 3.8) is 0 Å². The Kier molecular flexibility index (Phi) is 6.18. The average molecular weight is 398 g/mol. The smallest absolute Gasteiger partial charge is 0.370 e. The van der Waals surface area contributed by atoms with Crippen molar-refractivity contribution in [2.24, 2.45) is 0 Å². The number of nitrogens with zero attached hydrogens (tertiary/aromatic N) is 3. The molecule has 0 radical (unpaired) electrons. The number of ether oxygens (including phenoxy) is 1. The number of aryl methyl sites for hydroxylation is 1. The van der Waals surface area contributed by atoms with Crippen molar-refractivity contribution in [3.8, 4) is 0 Å². The molecular formula is C18H21F3N4O3. The molecular weight excluding hydrogens is 377 g/mol. The molecule has 28 heavy (non-hydrogen) atoms. The third kappa shape index (κ3) is 5.22. The van der Waals surface area contributed by atoms with Crippen LogP contribution in [0.25, 0.3) is 0 Å². The van der Waals surface area contributed by atoms with Gasteiger partial charge in [-0.1, -0.05) is 5.16 Å². The highest BCUT2D eigenvalue weighted by atomic mass is 19.4. The summed E-state index contributed by atoms with van der Waals surface area (Å²) in [6, 6.07) is 3.41. The van der Waals surface area contributed by atoms with Gasteiger partial charge < -0.3 is 19.5 Å². The van der Waals surface area contributed by atoms with E-state index in [2.05, 4.69) is 15.5 Å². The van der Waals surface area contributed by atoms with Crippen LogP contribution in [0.3, 0.4) is 0 Å². The van der Waals surface area contributed by atoms with Crippen LogP contribution in [0.5, 0.6) is 0 Å². The van der Waals surface area contributed by atoms with Crippen LogP contribution in [0.2, 0.25) is 0 Å². The Balaban J connectivity index is 1.69. The van der Waals surface area contributed by atoms with Crippen LogP contribution in [-0.4, -0.2) is 35.7 Å². The molecule has 1 amide bonds. The topological polar surface area (TPSA) is 80.5 Å². The van der Waals surface area contributed by atoms with E-state index < -0.39 is 17.6 Å². The summed E-state index contributed by atoms with van der Waals surface area (Å²) in [5, 5.41) is 6.14. The lowest BCUT2D eigenvalue weighted by Crippen LogP contribution is -2.31. The molecule has 2 heterocycles. The van der Waals surface area contributed by atoms with Gasteiger partial charge in [-0.3, -0.25) is 4.79 Å². The molecule has 0 aliphatic carbocycles. The van der Waals surface area contributed by atoms with Gasteiger partial charge in [0, 0.05) is 13.1 Å². The normalized spacial score (nSPS) is 14.9. The number of nitrogens with one attached hydrogen (secondary N) is 1. The van der Waals surface area contributed by atoms with Crippen molar-refractivity contribution < 1.29 is 27.2 Å². The van der Waals surface area contributed by atoms with E-state index >= 15 is 0 Å². The molecule has 1 aromatic heterocycles. The Morgan fingerprint density at radius 2 is 2.04 bits per heavy atom. The molecule has 1 saturated heterocycles. The quantitative estimate of drug-likeness (QED) is 0.802. The number of hydrogen-bond acceptors (Lipinski definition) is 6. The van der Waals surface area contributed by atoms with Gasteiger partial charge >= 0.3 is 6.18 Å². The van der Waals surface area contributed by atoms with Crippen LogP contribution in [0.15, 0.2) is 22.7 Å². The molecule has 1 N–H and O–H groups in total. The molecule has 1 aliphatic rings. The van der Waals surface area contributed by atoms with Gasteiger partial charge in [0.15, 0.2) is 5.82 Å². The average Bonchev–Trinajstić information content (AvgIpc) is 3.07. The lowest BCUT2D eigenvalue weighted by molar-refractivity contribution is -0.137. The molecule has 0 unspecified atom stereocenters. The van der Waals surface area contributed by atoms with Gasteiger partial charge in [0.1, 0.15) is 13.2 Å². The minimum atomic E-state index is -4.49. The first-order valence-electron chi connectivity index (χ1n) is 8.96. The first-order chi connectivity index (χ1) is 13.3. The zero-order chi connectivity index (χ0) is 20.1. The number of alkyl halides is 3. The standard InChI is InChI=1S/C18H21F3N4O3/c1-12-22-17(28-24-12)11-27-10-16(26)23-14-9-13(18(19,20)21)5-6-15(14)25-7-3-2-4-8-25/h5-6,9H,2-4,7-8,10-11H2,1H3,(H,23,26). The Labute approximate surface area is 159 Å². The fourth-order valence-corrected chi connectivity index (χ4v) is 3.04. The fraction of sp³-hybridized carbons (Fsp3) is 0.500. The highest BCUT2D eigenvalue weighted by molar-refractivity contribution is 5.95. The van der Waals surface area contributed by atoms with E-state index in [1.54, 1.807) is 6.92 Å². The van der Waals surface area contributed by atoms with Crippen molar-refractivity contribution in [2.45, 2.75) is 39.0 Å². The highest BCUT2D eigenvalue weighted by Crippen LogP contribution is 2.36. The van der Waals surface area contributed by atoms with Gasteiger partial charge in [0.25, 0.3) is 5.89 Å². The van der Waals surface area contributed by atoms with Crippen LogP contribution >= 0.6 is 0 Å². The largest absolute Gasteiger partial charge is 0.416 e. The Morgan fingerprint density at radius 3 is 2.68 bits per heavy atom. The predicted molar refractivity (Wildman–Crippen MR) is 94.8 cm³/mol. The maximum absolute atomic E-state index is 13.1.